The van der Waals surface area contributed by atoms with Gasteiger partial charge in [-0.3, -0.25) is 24.2 Å². The smallest absolute Gasteiger partial charge is 0.252 e. The van der Waals surface area contributed by atoms with Gasteiger partial charge in [0.25, 0.3) is 11.8 Å². The van der Waals surface area contributed by atoms with E-state index in [1.54, 1.807) is 0 Å². The number of benzene rings is 2. The predicted octanol–water partition coefficient (Wildman–Crippen LogP) is 4.55. The van der Waals surface area contributed by atoms with Gasteiger partial charge in [0.05, 0.1) is 17.3 Å². The molecular formula is C29H22F5N5O3. The number of hydrogen-bond acceptors (Lipinski definition) is 5. The summed E-state index contributed by atoms with van der Waals surface area (Å²) in [5.74, 6) is -8.88. The highest BCUT2D eigenvalue weighted by molar-refractivity contribution is 6.10. The van der Waals surface area contributed by atoms with Gasteiger partial charge < -0.3 is 5.32 Å². The van der Waals surface area contributed by atoms with Crippen LogP contribution in [-0.2, 0) is 14.4 Å². The highest BCUT2D eigenvalue weighted by Gasteiger charge is 2.48. The van der Waals surface area contributed by atoms with Gasteiger partial charge >= 0.3 is 0 Å². The van der Waals surface area contributed by atoms with Crippen LogP contribution < -0.4 is 15.1 Å². The number of pyridine rings is 1. The molecule has 1 aliphatic heterocycles. The van der Waals surface area contributed by atoms with E-state index in [0.717, 1.165) is 23.1 Å². The van der Waals surface area contributed by atoms with Gasteiger partial charge in [0.2, 0.25) is 11.8 Å². The second kappa shape index (κ2) is 11.2. The fourth-order valence-electron chi connectivity index (χ4n) is 5.20. The lowest BCUT2D eigenvalue weighted by atomic mass is 9.87. The number of halogens is 5. The average molecular weight is 584 g/mol. The molecule has 0 radical (unpaired) electrons. The van der Waals surface area contributed by atoms with Crippen LogP contribution in [0.3, 0.4) is 0 Å². The summed E-state index contributed by atoms with van der Waals surface area (Å²) in [7, 11) is 0. The third kappa shape index (κ3) is 5.65. The summed E-state index contributed by atoms with van der Waals surface area (Å²) in [6.45, 7) is 0. The Morgan fingerprint density at radius 2 is 1.76 bits per heavy atom. The molecule has 216 valence electrons. The molecule has 3 amide bonds. The number of nitrogens with one attached hydrogen (secondary N) is 1. The molecule has 2 aliphatic rings. The molecule has 1 aliphatic carbocycles. The van der Waals surface area contributed by atoms with Gasteiger partial charge in [-0.25, -0.2) is 26.9 Å². The molecule has 2 unspecified atom stereocenters. The zero-order valence-corrected chi connectivity index (χ0v) is 21.7. The number of carbonyl (C=O) groups is 3. The minimum atomic E-state index is -3.01. The topological polar surface area (TPSA) is 106 Å². The number of hydrogen-bond donors (Lipinski definition) is 1. The van der Waals surface area contributed by atoms with Gasteiger partial charge in [0.1, 0.15) is 35.4 Å². The number of amides is 3. The first-order valence-electron chi connectivity index (χ1n) is 12.9. The van der Waals surface area contributed by atoms with E-state index in [9.17, 15) is 37.2 Å². The van der Waals surface area contributed by atoms with Crippen molar-refractivity contribution in [1.29, 1.82) is 5.26 Å². The molecule has 2 heterocycles. The summed E-state index contributed by atoms with van der Waals surface area (Å²) in [6.07, 6.45) is -0.363. The number of alkyl halides is 2. The van der Waals surface area contributed by atoms with Crippen molar-refractivity contribution < 1.29 is 36.3 Å². The molecular weight excluding hydrogens is 561 g/mol. The maximum atomic E-state index is 15.2. The molecule has 0 spiro atoms. The molecule has 5 rings (SSSR count). The Kier molecular flexibility index (Phi) is 7.64. The van der Waals surface area contributed by atoms with Crippen molar-refractivity contribution in [2.45, 2.75) is 49.7 Å². The fraction of sp³-hybridized carbons (Fsp3) is 0.276. The zero-order chi connectivity index (χ0) is 30.2. The van der Waals surface area contributed by atoms with E-state index in [-0.39, 0.29) is 29.8 Å². The minimum Gasteiger partial charge on any atom is -0.351 e. The largest absolute Gasteiger partial charge is 0.351 e. The van der Waals surface area contributed by atoms with E-state index in [2.05, 4.69) is 10.3 Å². The molecule has 2 atom stereocenters. The molecule has 1 saturated carbocycles. The lowest BCUT2D eigenvalue weighted by Crippen LogP contribution is -2.56. The summed E-state index contributed by atoms with van der Waals surface area (Å²) in [5, 5.41) is 11.7. The Bertz CT molecular complexity index is 1580. The molecule has 1 N–H and O–H groups in total. The average Bonchev–Trinajstić information content (AvgIpc) is 3.31. The van der Waals surface area contributed by atoms with Gasteiger partial charge in [-0.2, -0.15) is 5.26 Å². The van der Waals surface area contributed by atoms with E-state index >= 15 is 4.39 Å². The van der Waals surface area contributed by atoms with Crippen molar-refractivity contribution in [3.05, 3.63) is 89.4 Å². The first-order chi connectivity index (χ1) is 20.0. The highest BCUT2D eigenvalue weighted by atomic mass is 19.3. The Labute approximate surface area is 236 Å². The van der Waals surface area contributed by atoms with Crippen LogP contribution in [0.2, 0.25) is 0 Å². The minimum absolute atomic E-state index is 0.0520. The maximum Gasteiger partial charge on any atom is 0.252 e. The van der Waals surface area contributed by atoms with Crippen molar-refractivity contribution in [1.82, 2.24) is 10.3 Å². The van der Waals surface area contributed by atoms with E-state index < -0.39 is 77.8 Å². The second-order valence-corrected chi connectivity index (χ2v) is 10.1. The van der Waals surface area contributed by atoms with Crippen LogP contribution in [-0.4, -0.2) is 40.7 Å². The first-order valence-corrected chi connectivity index (χ1v) is 12.9. The summed E-state index contributed by atoms with van der Waals surface area (Å²) >= 11 is 0. The van der Waals surface area contributed by atoms with Crippen molar-refractivity contribution in [2.75, 3.05) is 9.80 Å². The molecule has 2 aromatic carbocycles. The van der Waals surface area contributed by atoms with Crippen LogP contribution in [0.1, 0.15) is 42.9 Å². The molecule has 0 bridgehead atoms. The van der Waals surface area contributed by atoms with Gasteiger partial charge in [-0.15, -0.1) is 0 Å². The van der Waals surface area contributed by atoms with Crippen LogP contribution in [0.25, 0.3) is 0 Å². The van der Waals surface area contributed by atoms with Gasteiger partial charge in [-0.1, -0.05) is 18.2 Å². The quantitative estimate of drug-likeness (QED) is 0.411. The number of nitrogens with zero attached hydrogens (tertiary/aromatic N) is 4. The van der Waals surface area contributed by atoms with Crippen molar-refractivity contribution in [3.8, 4) is 6.07 Å². The van der Waals surface area contributed by atoms with Crippen LogP contribution in [0.15, 0.2) is 60.8 Å². The van der Waals surface area contributed by atoms with Crippen molar-refractivity contribution in [3.63, 3.8) is 0 Å². The number of rotatable bonds is 7. The fourth-order valence-corrected chi connectivity index (χ4v) is 5.20. The van der Waals surface area contributed by atoms with Crippen molar-refractivity contribution in [2.24, 2.45) is 0 Å². The lowest BCUT2D eigenvalue weighted by molar-refractivity contribution is -0.133. The summed E-state index contributed by atoms with van der Waals surface area (Å²) in [6, 6.07) is 7.19. The van der Waals surface area contributed by atoms with Gasteiger partial charge in [0, 0.05) is 43.1 Å². The Morgan fingerprint density at radius 1 is 1.07 bits per heavy atom. The Morgan fingerprint density at radius 3 is 2.40 bits per heavy atom. The van der Waals surface area contributed by atoms with Gasteiger partial charge in [-0.05, 0) is 36.8 Å². The third-order valence-electron chi connectivity index (χ3n) is 7.12. The van der Waals surface area contributed by atoms with E-state index in [1.807, 2.05) is 6.07 Å². The normalized spacial score (nSPS) is 18.6. The Hall–Kier alpha value is -4.86. The molecule has 2 fully saturated rings. The number of carbonyl (C=O) groups excluding carboxylic acids is 3. The summed E-state index contributed by atoms with van der Waals surface area (Å²) in [4.78, 5) is 46.7. The predicted molar refractivity (Wildman–Crippen MR) is 139 cm³/mol. The van der Waals surface area contributed by atoms with Gasteiger partial charge in [0.15, 0.2) is 0 Å². The Balaban J connectivity index is 1.63. The second-order valence-electron chi connectivity index (χ2n) is 10.1. The first kappa shape index (κ1) is 28.7. The van der Waals surface area contributed by atoms with E-state index in [0.29, 0.717) is 11.0 Å². The maximum absolute atomic E-state index is 15.2. The molecule has 13 heteroatoms. The monoisotopic (exact) mass is 583 g/mol. The summed E-state index contributed by atoms with van der Waals surface area (Å²) in [5.41, 5.74) is -0.715. The molecule has 1 saturated heterocycles. The molecule has 1 aromatic heterocycles. The zero-order valence-electron chi connectivity index (χ0n) is 21.7. The van der Waals surface area contributed by atoms with Crippen LogP contribution >= 0.6 is 0 Å². The van der Waals surface area contributed by atoms with Crippen molar-refractivity contribution >= 4 is 29.2 Å². The highest BCUT2D eigenvalue weighted by Crippen LogP contribution is 2.39. The molecule has 8 nitrogen and oxygen atoms in total. The summed E-state index contributed by atoms with van der Waals surface area (Å²) < 4.78 is 71.3. The standard InChI is InChI=1S/C29H22F5N5O3/c30-17-10-18(31)12-20(11-17)38(28(42)23-5-6-25(40)39(23)24-9-16(15-35)7-8-36-24)26(21-3-1-2-4-22(21)32)27(41)37-19-13-29(33,34)14-19/h1-4,7-12,19,23,26H,5-6,13-14H2,(H,37,41). The van der Waals surface area contributed by atoms with E-state index in [1.165, 1.54) is 36.5 Å². The van der Waals surface area contributed by atoms with Crippen LogP contribution in [0.4, 0.5) is 33.5 Å². The molecule has 42 heavy (non-hydrogen) atoms. The number of anilines is 2. The lowest BCUT2D eigenvalue weighted by Gasteiger charge is -2.39. The SMILES string of the molecule is N#Cc1ccnc(N2C(=O)CCC2C(=O)N(c2cc(F)cc(F)c2)C(C(=O)NC2CC(F)(F)C2)c2ccccc2F)c1. The number of nitriles is 1. The van der Waals surface area contributed by atoms with E-state index in [4.69, 9.17) is 0 Å². The third-order valence-corrected chi connectivity index (χ3v) is 7.12. The number of aromatic nitrogens is 1. The van der Waals surface area contributed by atoms with Crippen LogP contribution in [0, 0.1) is 28.8 Å². The van der Waals surface area contributed by atoms with Crippen LogP contribution in [0.5, 0.6) is 0 Å². The molecule has 3 aromatic rings.